The fourth-order valence-electron chi connectivity index (χ4n) is 2.72. The number of nitrogens with one attached hydrogen (secondary N) is 1. The summed E-state index contributed by atoms with van der Waals surface area (Å²) in [5, 5.41) is 2.91. The molecule has 1 heterocycles. The molecule has 1 saturated heterocycles. The average Bonchev–Trinajstić information content (AvgIpc) is 2.53. The fraction of sp³-hybridized carbons (Fsp3) is 0.882. The molecule has 1 rings (SSSR count). The summed E-state index contributed by atoms with van der Waals surface area (Å²) in [5.41, 5.74) is 0. The Labute approximate surface area is 135 Å². The van der Waals surface area contributed by atoms with Crippen LogP contribution in [0.3, 0.4) is 0 Å². The molecule has 0 unspecified atom stereocenters. The van der Waals surface area contributed by atoms with Gasteiger partial charge in [-0.25, -0.2) is 0 Å². The minimum Gasteiger partial charge on any atom is -0.356 e. The number of rotatable bonds is 9. The second-order valence-corrected chi connectivity index (χ2v) is 6.44. The molecule has 22 heavy (non-hydrogen) atoms. The van der Waals surface area contributed by atoms with E-state index in [-0.39, 0.29) is 17.7 Å². The molecule has 1 aliphatic heterocycles. The van der Waals surface area contributed by atoms with Crippen LogP contribution in [0.15, 0.2) is 0 Å². The van der Waals surface area contributed by atoms with Gasteiger partial charge >= 0.3 is 0 Å². The van der Waals surface area contributed by atoms with Gasteiger partial charge in [0.25, 0.3) is 0 Å². The minimum atomic E-state index is 0.111. The Morgan fingerprint density at radius 2 is 1.64 bits per heavy atom. The Kier molecular flexibility index (Phi) is 9.13. The van der Waals surface area contributed by atoms with Crippen molar-refractivity contribution in [2.45, 2.75) is 52.9 Å². The summed E-state index contributed by atoms with van der Waals surface area (Å²) < 4.78 is 0. The molecule has 0 saturated carbocycles. The van der Waals surface area contributed by atoms with E-state index in [9.17, 15) is 9.59 Å². The van der Waals surface area contributed by atoms with E-state index < -0.39 is 0 Å². The van der Waals surface area contributed by atoms with Crippen molar-refractivity contribution in [1.82, 2.24) is 15.1 Å². The predicted octanol–water partition coefficient (Wildman–Crippen LogP) is 1.87. The van der Waals surface area contributed by atoms with Gasteiger partial charge in [-0.2, -0.15) is 0 Å². The Balaban J connectivity index is 1.99. The number of carbonyl (C=O) groups is 2. The standard InChI is InChI=1S/C17H33N3O2/c1-4-16(21)18-9-7-5-6-8-10-19-11-13-20(14-12-19)17(22)15(2)3/h15H,4-14H2,1-3H3,(H,18,21). The summed E-state index contributed by atoms with van der Waals surface area (Å²) >= 11 is 0. The van der Waals surface area contributed by atoms with Gasteiger partial charge in [-0.3, -0.25) is 14.5 Å². The molecule has 5 heteroatoms. The fourth-order valence-corrected chi connectivity index (χ4v) is 2.72. The summed E-state index contributed by atoms with van der Waals surface area (Å²) in [7, 11) is 0. The molecule has 0 aliphatic carbocycles. The quantitative estimate of drug-likeness (QED) is 0.661. The molecule has 0 aromatic carbocycles. The highest BCUT2D eigenvalue weighted by atomic mass is 16.2. The van der Waals surface area contributed by atoms with Gasteiger partial charge in [-0.1, -0.05) is 33.6 Å². The molecule has 1 aliphatic rings. The van der Waals surface area contributed by atoms with Crippen LogP contribution in [0.25, 0.3) is 0 Å². The second kappa shape index (κ2) is 10.6. The van der Waals surface area contributed by atoms with Gasteiger partial charge in [-0.15, -0.1) is 0 Å². The lowest BCUT2D eigenvalue weighted by atomic mass is 10.1. The molecule has 0 aromatic heterocycles. The van der Waals surface area contributed by atoms with Gasteiger partial charge in [0.05, 0.1) is 0 Å². The topological polar surface area (TPSA) is 52.7 Å². The highest BCUT2D eigenvalue weighted by Crippen LogP contribution is 2.08. The SMILES string of the molecule is CCC(=O)NCCCCCCN1CCN(C(=O)C(C)C)CC1. The lowest BCUT2D eigenvalue weighted by Gasteiger charge is -2.35. The number of hydrogen-bond acceptors (Lipinski definition) is 3. The average molecular weight is 311 g/mol. The van der Waals surface area contributed by atoms with Gasteiger partial charge < -0.3 is 10.2 Å². The number of carbonyl (C=O) groups excluding carboxylic acids is 2. The van der Waals surface area contributed by atoms with Crippen LogP contribution in [0, 0.1) is 5.92 Å². The first-order chi connectivity index (χ1) is 10.5. The molecule has 0 spiro atoms. The summed E-state index contributed by atoms with van der Waals surface area (Å²) in [4.78, 5) is 27.4. The number of nitrogens with zero attached hydrogens (tertiary/aromatic N) is 2. The van der Waals surface area contributed by atoms with E-state index in [4.69, 9.17) is 0 Å². The molecule has 1 N–H and O–H groups in total. The molecule has 1 fully saturated rings. The van der Waals surface area contributed by atoms with Crippen LogP contribution in [-0.2, 0) is 9.59 Å². The van der Waals surface area contributed by atoms with Gasteiger partial charge in [0, 0.05) is 45.1 Å². The number of piperazine rings is 1. The molecular formula is C17H33N3O2. The van der Waals surface area contributed by atoms with Crippen LogP contribution in [-0.4, -0.2) is 60.9 Å². The van der Waals surface area contributed by atoms with E-state index >= 15 is 0 Å². The summed E-state index contributed by atoms with van der Waals surface area (Å²) in [6.45, 7) is 11.5. The molecule has 5 nitrogen and oxygen atoms in total. The smallest absolute Gasteiger partial charge is 0.225 e. The summed E-state index contributed by atoms with van der Waals surface area (Å²) in [6.07, 6.45) is 5.25. The first-order valence-corrected chi connectivity index (χ1v) is 8.82. The Hall–Kier alpha value is -1.10. The molecule has 2 amide bonds. The zero-order valence-electron chi connectivity index (χ0n) is 14.6. The molecular weight excluding hydrogens is 278 g/mol. The van der Waals surface area contributed by atoms with Crippen molar-refractivity contribution in [3.63, 3.8) is 0 Å². The van der Waals surface area contributed by atoms with Crippen molar-refractivity contribution >= 4 is 11.8 Å². The van der Waals surface area contributed by atoms with E-state index in [1.807, 2.05) is 25.7 Å². The van der Waals surface area contributed by atoms with Crippen LogP contribution in [0.1, 0.15) is 52.9 Å². The third-order valence-corrected chi connectivity index (χ3v) is 4.22. The van der Waals surface area contributed by atoms with Gasteiger partial charge in [0.1, 0.15) is 0 Å². The van der Waals surface area contributed by atoms with Gasteiger partial charge in [0.2, 0.25) is 11.8 Å². The first kappa shape index (κ1) is 18.9. The van der Waals surface area contributed by atoms with Crippen molar-refractivity contribution in [2.24, 2.45) is 5.92 Å². The van der Waals surface area contributed by atoms with E-state index in [1.54, 1.807) is 0 Å². The van der Waals surface area contributed by atoms with Crippen LogP contribution >= 0.6 is 0 Å². The molecule has 0 atom stereocenters. The highest BCUT2D eigenvalue weighted by molar-refractivity contribution is 5.78. The van der Waals surface area contributed by atoms with Crippen LogP contribution in [0.4, 0.5) is 0 Å². The van der Waals surface area contributed by atoms with Crippen LogP contribution < -0.4 is 5.32 Å². The van der Waals surface area contributed by atoms with E-state index in [2.05, 4.69) is 10.2 Å². The number of hydrogen-bond donors (Lipinski definition) is 1. The Morgan fingerprint density at radius 1 is 1.00 bits per heavy atom. The summed E-state index contributed by atoms with van der Waals surface area (Å²) in [6, 6.07) is 0. The second-order valence-electron chi connectivity index (χ2n) is 6.44. The molecule has 0 radical (unpaired) electrons. The molecule has 128 valence electrons. The van der Waals surface area contributed by atoms with E-state index in [1.165, 1.54) is 19.3 Å². The number of unbranched alkanes of at least 4 members (excludes halogenated alkanes) is 3. The van der Waals surface area contributed by atoms with Crippen molar-refractivity contribution in [1.29, 1.82) is 0 Å². The maximum atomic E-state index is 11.9. The van der Waals surface area contributed by atoms with E-state index in [0.29, 0.717) is 6.42 Å². The maximum Gasteiger partial charge on any atom is 0.225 e. The van der Waals surface area contributed by atoms with Crippen LogP contribution in [0.2, 0.25) is 0 Å². The van der Waals surface area contributed by atoms with Gasteiger partial charge in [0.15, 0.2) is 0 Å². The van der Waals surface area contributed by atoms with E-state index in [0.717, 1.165) is 45.7 Å². The third kappa shape index (κ3) is 7.25. The van der Waals surface area contributed by atoms with Crippen molar-refractivity contribution < 1.29 is 9.59 Å². The lowest BCUT2D eigenvalue weighted by molar-refractivity contribution is -0.136. The third-order valence-electron chi connectivity index (χ3n) is 4.22. The normalized spacial score (nSPS) is 16.1. The van der Waals surface area contributed by atoms with Crippen molar-refractivity contribution in [3.05, 3.63) is 0 Å². The maximum absolute atomic E-state index is 11.9. The Bertz CT molecular complexity index is 337. The molecule has 0 aromatic rings. The monoisotopic (exact) mass is 311 g/mol. The largest absolute Gasteiger partial charge is 0.356 e. The van der Waals surface area contributed by atoms with Crippen LogP contribution in [0.5, 0.6) is 0 Å². The Morgan fingerprint density at radius 3 is 2.23 bits per heavy atom. The predicted molar refractivity (Wildman–Crippen MR) is 89.6 cm³/mol. The van der Waals surface area contributed by atoms with Gasteiger partial charge in [-0.05, 0) is 19.4 Å². The number of amides is 2. The first-order valence-electron chi connectivity index (χ1n) is 8.82. The lowest BCUT2D eigenvalue weighted by Crippen LogP contribution is -2.49. The minimum absolute atomic E-state index is 0.111. The highest BCUT2D eigenvalue weighted by Gasteiger charge is 2.22. The zero-order valence-corrected chi connectivity index (χ0v) is 14.6. The molecule has 0 bridgehead atoms. The van der Waals surface area contributed by atoms with Crippen molar-refractivity contribution in [3.8, 4) is 0 Å². The van der Waals surface area contributed by atoms with Crippen molar-refractivity contribution in [2.75, 3.05) is 39.3 Å². The zero-order chi connectivity index (χ0) is 16.4. The summed E-state index contributed by atoms with van der Waals surface area (Å²) in [5.74, 6) is 0.544.